The zero-order valence-corrected chi connectivity index (χ0v) is 13.8. The van der Waals surface area contributed by atoms with Gasteiger partial charge in [-0.1, -0.05) is 30.7 Å². The molecule has 0 aliphatic carbocycles. The Labute approximate surface area is 134 Å². The minimum Gasteiger partial charge on any atom is -0.319 e. The van der Waals surface area contributed by atoms with E-state index in [1.54, 1.807) is 11.3 Å². The number of hydrogen-bond acceptors (Lipinski definition) is 2. The number of urea groups is 1. The third-order valence-corrected chi connectivity index (χ3v) is 4.49. The molecule has 1 N–H and O–H groups in total. The van der Waals surface area contributed by atoms with Gasteiger partial charge in [0.25, 0.3) is 0 Å². The molecule has 1 aromatic carbocycles. The molecule has 112 valence electrons. The molecule has 0 radical (unpaired) electrons. The minimum atomic E-state index is -0.0874. The summed E-state index contributed by atoms with van der Waals surface area (Å²) in [4.78, 5) is 15.5. The fourth-order valence-electron chi connectivity index (χ4n) is 2.05. The number of nitrogens with zero attached hydrogens (tertiary/aromatic N) is 1. The summed E-state index contributed by atoms with van der Waals surface area (Å²) in [7, 11) is 0. The quantitative estimate of drug-likeness (QED) is 0.810. The van der Waals surface area contributed by atoms with Crippen LogP contribution in [0, 0.1) is 6.92 Å². The summed E-state index contributed by atoms with van der Waals surface area (Å²) in [6.07, 6.45) is 0.924. The van der Waals surface area contributed by atoms with Crippen LogP contribution in [0.5, 0.6) is 0 Å². The van der Waals surface area contributed by atoms with Gasteiger partial charge in [0.2, 0.25) is 0 Å². The largest absolute Gasteiger partial charge is 0.322 e. The standard InChI is InChI=1S/C16H19ClN2OS/c1-3-9-19(11-13-6-5-10-21-13)16(20)18-15-8-4-7-14(17)12(15)2/h4-8,10H,3,9,11H2,1-2H3,(H,18,20). The molecule has 2 rings (SSSR count). The van der Waals surface area contributed by atoms with Gasteiger partial charge in [-0.3, -0.25) is 0 Å². The molecule has 0 aliphatic rings. The van der Waals surface area contributed by atoms with Crippen molar-refractivity contribution in [3.63, 3.8) is 0 Å². The van der Waals surface area contributed by atoms with Gasteiger partial charge in [-0.05, 0) is 42.5 Å². The molecule has 0 unspecified atom stereocenters. The van der Waals surface area contributed by atoms with Crippen molar-refractivity contribution in [3.05, 3.63) is 51.2 Å². The molecule has 0 fully saturated rings. The Bertz CT molecular complexity index is 598. The highest BCUT2D eigenvalue weighted by Gasteiger charge is 2.15. The van der Waals surface area contributed by atoms with Gasteiger partial charge in [-0.2, -0.15) is 0 Å². The maximum absolute atomic E-state index is 12.5. The van der Waals surface area contributed by atoms with Gasteiger partial charge < -0.3 is 10.2 Å². The molecule has 0 saturated heterocycles. The third-order valence-electron chi connectivity index (χ3n) is 3.22. The number of halogens is 1. The summed E-state index contributed by atoms with van der Waals surface area (Å²) < 4.78 is 0. The van der Waals surface area contributed by atoms with E-state index in [1.807, 2.05) is 47.5 Å². The second-order valence-electron chi connectivity index (χ2n) is 4.84. The number of hydrogen-bond donors (Lipinski definition) is 1. The van der Waals surface area contributed by atoms with E-state index in [0.29, 0.717) is 11.6 Å². The summed E-state index contributed by atoms with van der Waals surface area (Å²) in [6, 6.07) is 9.50. The van der Waals surface area contributed by atoms with Crippen LogP contribution < -0.4 is 5.32 Å². The van der Waals surface area contributed by atoms with E-state index in [0.717, 1.165) is 24.2 Å². The molecule has 0 saturated carbocycles. The Kier molecular flexibility index (Phi) is 5.65. The molecule has 0 aliphatic heterocycles. The molecule has 0 atom stereocenters. The lowest BCUT2D eigenvalue weighted by molar-refractivity contribution is 0.209. The molecule has 0 spiro atoms. The van der Waals surface area contributed by atoms with Crippen LogP contribution in [0.25, 0.3) is 0 Å². The highest BCUT2D eigenvalue weighted by Crippen LogP contribution is 2.23. The van der Waals surface area contributed by atoms with Gasteiger partial charge in [0.15, 0.2) is 0 Å². The molecule has 5 heteroatoms. The average molecular weight is 323 g/mol. The number of anilines is 1. The van der Waals surface area contributed by atoms with E-state index < -0.39 is 0 Å². The lowest BCUT2D eigenvalue weighted by Crippen LogP contribution is -2.35. The van der Waals surface area contributed by atoms with Crippen molar-refractivity contribution < 1.29 is 4.79 Å². The van der Waals surface area contributed by atoms with Crippen LogP contribution in [0.15, 0.2) is 35.7 Å². The van der Waals surface area contributed by atoms with E-state index in [9.17, 15) is 4.79 Å². The van der Waals surface area contributed by atoms with Crippen molar-refractivity contribution >= 4 is 34.7 Å². The highest BCUT2D eigenvalue weighted by atomic mass is 35.5. The number of amides is 2. The van der Waals surface area contributed by atoms with Crippen molar-refractivity contribution in [2.45, 2.75) is 26.8 Å². The third kappa shape index (κ3) is 4.22. The Morgan fingerprint density at radius 2 is 2.14 bits per heavy atom. The van der Waals surface area contributed by atoms with Gasteiger partial charge in [0, 0.05) is 22.1 Å². The molecular formula is C16H19ClN2OS. The smallest absolute Gasteiger partial charge is 0.319 e. The van der Waals surface area contributed by atoms with Crippen LogP contribution in [0.2, 0.25) is 5.02 Å². The number of benzene rings is 1. The Morgan fingerprint density at radius 1 is 1.33 bits per heavy atom. The second kappa shape index (κ2) is 7.48. The zero-order valence-electron chi connectivity index (χ0n) is 12.2. The van der Waals surface area contributed by atoms with E-state index in [4.69, 9.17) is 11.6 Å². The zero-order chi connectivity index (χ0) is 15.2. The summed E-state index contributed by atoms with van der Waals surface area (Å²) in [5.41, 5.74) is 1.65. The summed E-state index contributed by atoms with van der Waals surface area (Å²) in [6.45, 7) is 5.33. The van der Waals surface area contributed by atoms with Crippen molar-refractivity contribution in [2.24, 2.45) is 0 Å². The normalized spacial score (nSPS) is 10.4. The van der Waals surface area contributed by atoms with Crippen molar-refractivity contribution in [3.8, 4) is 0 Å². The monoisotopic (exact) mass is 322 g/mol. The van der Waals surface area contributed by atoms with E-state index >= 15 is 0 Å². The van der Waals surface area contributed by atoms with Crippen LogP contribution in [0.1, 0.15) is 23.8 Å². The van der Waals surface area contributed by atoms with Crippen molar-refractivity contribution in [1.29, 1.82) is 0 Å². The van der Waals surface area contributed by atoms with E-state index in [1.165, 1.54) is 4.88 Å². The number of thiophene rings is 1. The van der Waals surface area contributed by atoms with Gasteiger partial charge in [0.1, 0.15) is 0 Å². The Balaban J connectivity index is 2.09. The van der Waals surface area contributed by atoms with Crippen molar-refractivity contribution in [2.75, 3.05) is 11.9 Å². The van der Waals surface area contributed by atoms with Crippen LogP contribution in [-0.2, 0) is 6.54 Å². The molecular weight excluding hydrogens is 304 g/mol. The number of nitrogens with one attached hydrogen (secondary N) is 1. The SMILES string of the molecule is CCCN(Cc1cccs1)C(=O)Nc1cccc(Cl)c1C. The summed E-state index contributed by atoms with van der Waals surface area (Å²) >= 11 is 7.75. The van der Waals surface area contributed by atoms with E-state index in [2.05, 4.69) is 12.2 Å². The van der Waals surface area contributed by atoms with Gasteiger partial charge in [-0.15, -0.1) is 11.3 Å². The molecule has 2 aromatic rings. The fraction of sp³-hybridized carbons (Fsp3) is 0.312. The van der Waals surface area contributed by atoms with Gasteiger partial charge >= 0.3 is 6.03 Å². The maximum atomic E-state index is 12.5. The van der Waals surface area contributed by atoms with Crippen LogP contribution in [0.4, 0.5) is 10.5 Å². The Morgan fingerprint density at radius 3 is 2.81 bits per heavy atom. The minimum absolute atomic E-state index is 0.0874. The first-order chi connectivity index (χ1) is 10.1. The number of carbonyl (C=O) groups is 1. The average Bonchev–Trinajstić information content (AvgIpc) is 2.96. The van der Waals surface area contributed by atoms with Gasteiger partial charge in [0.05, 0.1) is 6.54 Å². The molecule has 0 bridgehead atoms. The molecule has 2 amide bonds. The second-order valence-corrected chi connectivity index (χ2v) is 6.28. The number of rotatable bonds is 5. The van der Waals surface area contributed by atoms with Crippen molar-refractivity contribution in [1.82, 2.24) is 4.90 Å². The first-order valence-electron chi connectivity index (χ1n) is 6.95. The number of carbonyl (C=O) groups excluding carboxylic acids is 1. The first kappa shape index (κ1) is 15.9. The predicted octanol–water partition coefficient (Wildman–Crippen LogP) is 5.15. The lowest BCUT2D eigenvalue weighted by Gasteiger charge is -2.22. The van der Waals surface area contributed by atoms with Crippen LogP contribution >= 0.6 is 22.9 Å². The fourth-order valence-corrected chi connectivity index (χ4v) is 2.94. The van der Waals surface area contributed by atoms with Crippen LogP contribution in [0.3, 0.4) is 0 Å². The lowest BCUT2D eigenvalue weighted by atomic mass is 10.2. The molecule has 3 nitrogen and oxygen atoms in total. The Hall–Kier alpha value is -1.52. The maximum Gasteiger partial charge on any atom is 0.322 e. The summed E-state index contributed by atoms with van der Waals surface area (Å²) in [5, 5.41) is 5.64. The molecule has 1 heterocycles. The highest BCUT2D eigenvalue weighted by molar-refractivity contribution is 7.09. The molecule has 21 heavy (non-hydrogen) atoms. The predicted molar refractivity (Wildman–Crippen MR) is 90.2 cm³/mol. The summed E-state index contributed by atoms with van der Waals surface area (Å²) in [5.74, 6) is 0. The van der Waals surface area contributed by atoms with Gasteiger partial charge in [-0.25, -0.2) is 4.79 Å². The van der Waals surface area contributed by atoms with E-state index in [-0.39, 0.29) is 6.03 Å². The molecule has 1 aromatic heterocycles. The van der Waals surface area contributed by atoms with Crippen LogP contribution in [-0.4, -0.2) is 17.5 Å². The topological polar surface area (TPSA) is 32.3 Å². The first-order valence-corrected chi connectivity index (χ1v) is 8.21.